The molecule has 0 radical (unpaired) electrons. The number of carbonyl (C=O) groups is 1. The van der Waals surface area contributed by atoms with Gasteiger partial charge < -0.3 is 23.9 Å². The molecule has 9 nitrogen and oxygen atoms in total. The maximum Gasteiger partial charge on any atom is 0.286 e. The predicted molar refractivity (Wildman–Crippen MR) is 115 cm³/mol. The van der Waals surface area contributed by atoms with Gasteiger partial charge in [-0.1, -0.05) is 20.8 Å². The summed E-state index contributed by atoms with van der Waals surface area (Å²) in [5, 5.41) is 21.8. The Morgan fingerprint density at radius 2 is 1.83 bits per heavy atom. The number of carbonyl (C=O) groups excluding carboxylic acids is 1. The van der Waals surface area contributed by atoms with Crippen LogP contribution >= 0.6 is 0 Å². The zero-order valence-electron chi connectivity index (χ0n) is 18.7. The summed E-state index contributed by atoms with van der Waals surface area (Å²) >= 11 is 0. The fourth-order valence-corrected chi connectivity index (χ4v) is 4.21. The number of nitro groups is 1. The number of hydrogen-bond acceptors (Lipinski definition) is 7. The monoisotopic (exact) mass is 440 g/mol. The molecule has 1 aromatic carbocycles. The minimum atomic E-state index is -2.06. The molecule has 1 saturated heterocycles. The second-order valence-corrected chi connectivity index (χ2v) is 13.9. The number of benzene rings is 1. The lowest BCUT2D eigenvalue weighted by Gasteiger charge is -2.38. The molecule has 0 aromatic heterocycles. The van der Waals surface area contributed by atoms with Gasteiger partial charge in [0.15, 0.2) is 19.8 Å². The van der Waals surface area contributed by atoms with Crippen molar-refractivity contribution in [2.75, 3.05) is 27.4 Å². The molecule has 1 fully saturated rings. The van der Waals surface area contributed by atoms with Gasteiger partial charge in [-0.25, -0.2) is 0 Å². The van der Waals surface area contributed by atoms with E-state index in [1.54, 1.807) is 0 Å². The summed E-state index contributed by atoms with van der Waals surface area (Å²) in [6.45, 7) is 11.0. The van der Waals surface area contributed by atoms with Crippen LogP contribution in [0.2, 0.25) is 18.1 Å². The number of amides is 1. The summed E-state index contributed by atoms with van der Waals surface area (Å²) in [5.41, 5.74) is -0.479. The number of nitrogens with zero attached hydrogens (tertiary/aromatic N) is 2. The molecule has 1 heterocycles. The summed E-state index contributed by atoms with van der Waals surface area (Å²) in [7, 11) is 0.707. The van der Waals surface area contributed by atoms with E-state index in [4.69, 9.17) is 13.9 Å². The van der Waals surface area contributed by atoms with Gasteiger partial charge in [-0.3, -0.25) is 14.9 Å². The first kappa shape index (κ1) is 24.1. The molecule has 10 heteroatoms. The molecule has 1 N–H and O–H groups in total. The Labute approximate surface area is 178 Å². The van der Waals surface area contributed by atoms with Crippen molar-refractivity contribution in [3.8, 4) is 11.5 Å². The number of rotatable bonds is 7. The fraction of sp³-hybridized carbons (Fsp3) is 0.650. The number of likely N-dealkylation sites (tertiary alicyclic amines) is 1. The summed E-state index contributed by atoms with van der Waals surface area (Å²) in [5.74, 6) is -0.150. The average Bonchev–Trinajstić information content (AvgIpc) is 3.04. The van der Waals surface area contributed by atoms with Gasteiger partial charge in [-0.05, 0) is 24.6 Å². The first-order valence-electron chi connectivity index (χ1n) is 9.85. The van der Waals surface area contributed by atoms with E-state index in [0.29, 0.717) is 6.42 Å². The minimum absolute atomic E-state index is 0.00119. The molecule has 1 amide bonds. The van der Waals surface area contributed by atoms with E-state index in [-0.39, 0.29) is 47.0 Å². The van der Waals surface area contributed by atoms with Crippen LogP contribution in [-0.4, -0.2) is 68.7 Å². The highest BCUT2D eigenvalue weighted by atomic mass is 28.4. The lowest BCUT2D eigenvalue weighted by molar-refractivity contribution is -0.385. The van der Waals surface area contributed by atoms with Crippen LogP contribution in [0, 0.1) is 10.1 Å². The number of hydrogen-bond donors (Lipinski definition) is 1. The summed E-state index contributed by atoms with van der Waals surface area (Å²) in [4.78, 5) is 25.7. The van der Waals surface area contributed by atoms with E-state index in [2.05, 4.69) is 33.9 Å². The van der Waals surface area contributed by atoms with E-state index in [0.717, 1.165) is 0 Å². The molecule has 0 aliphatic carbocycles. The van der Waals surface area contributed by atoms with Crippen molar-refractivity contribution >= 4 is 19.9 Å². The number of β-amino-alcohol motifs (C(OH)–C–C–N with tert-alkyl or cyclic N) is 1. The van der Waals surface area contributed by atoms with Crippen molar-refractivity contribution in [3.63, 3.8) is 0 Å². The maximum absolute atomic E-state index is 13.3. The van der Waals surface area contributed by atoms with Gasteiger partial charge in [0.25, 0.3) is 11.6 Å². The highest BCUT2D eigenvalue weighted by Gasteiger charge is 2.41. The number of methoxy groups -OCH3 is 2. The van der Waals surface area contributed by atoms with Crippen molar-refractivity contribution in [2.24, 2.45) is 0 Å². The van der Waals surface area contributed by atoms with Crippen LogP contribution in [0.25, 0.3) is 0 Å². The van der Waals surface area contributed by atoms with Crippen molar-refractivity contribution in [2.45, 2.75) is 57.5 Å². The molecular weight excluding hydrogens is 408 g/mol. The number of aliphatic hydroxyl groups excluding tert-OH is 1. The van der Waals surface area contributed by atoms with Gasteiger partial charge in [-0.15, -0.1) is 0 Å². The average molecular weight is 441 g/mol. The van der Waals surface area contributed by atoms with Crippen LogP contribution < -0.4 is 9.47 Å². The largest absolute Gasteiger partial charge is 0.493 e. The summed E-state index contributed by atoms with van der Waals surface area (Å²) in [6.07, 6.45) is -0.345. The van der Waals surface area contributed by atoms with E-state index in [1.807, 2.05) is 0 Å². The van der Waals surface area contributed by atoms with Gasteiger partial charge in [0.1, 0.15) is 5.56 Å². The van der Waals surface area contributed by atoms with Gasteiger partial charge >= 0.3 is 0 Å². The zero-order valence-corrected chi connectivity index (χ0v) is 19.7. The molecule has 1 unspecified atom stereocenters. The van der Waals surface area contributed by atoms with Crippen molar-refractivity contribution in [3.05, 3.63) is 27.8 Å². The van der Waals surface area contributed by atoms with E-state index < -0.39 is 25.3 Å². The highest BCUT2D eigenvalue weighted by molar-refractivity contribution is 6.74. The first-order valence-corrected chi connectivity index (χ1v) is 12.8. The van der Waals surface area contributed by atoms with Crippen molar-refractivity contribution in [1.82, 2.24) is 4.90 Å². The Kier molecular flexibility index (Phi) is 7.15. The molecule has 0 saturated carbocycles. The minimum Gasteiger partial charge on any atom is -0.493 e. The topological polar surface area (TPSA) is 111 Å². The molecule has 2 rings (SSSR count). The molecule has 0 spiro atoms. The number of aliphatic hydroxyl groups is 1. The fourth-order valence-electron chi connectivity index (χ4n) is 3.17. The molecule has 30 heavy (non-hydrogen) atoms. The third kappa shape index (κ3) is 4.93. The maximum atomic E-state index is 13.3. The predicted octanol–water partition coefficient (Wildman–Crippen LogP) is 3.21. The van der Waals surface area contributed by atoms with Gasteiger partial charge in [0.2, 0.25) is 0 Å². The van der Waals surface area contributed by atoms with Gasteiger partial charge in [0.05, 0.1) is 44.0 Å². The van der Waals surface area contributed by atoms with Crippen LogP contribution in [0.1, 0.15) is 37.6 Å². The van der Waals surface area contributed by atoms with Crippen LogP contribution in [0.5, 0.6) is 11.5 Å². The Hall–Kier alpha value is -2.17. The SMILES string of the molecule is COc1cc(C(=O)N2C[C@H](O)CC2CO[Si](C)(C)C(C)(C)C)c([N+](=O)[O-])cc1OC. The van der Waals surface area contributed by atoms with Gasteiger partial charge in [0, 0.05) is 12.6 Å². The summed E-state index contributed by atoms with van der Waals surface area (Å²) < 4.78 is 16.6. The Morgan fingerprint density at radius 3 is 2.33 bits per heavy atom. The van der Waals surface area contributed by atoms with Crippen LogP contribution in [0.15, 0.2) is 12.1 Å². The third-order valence-electron chi connectivity index (χ3n) is 6.02. The summed E-state index contributed by atoms with van der Waals surface area (Å²) in [6, 6.07) is 2.13. The number of nitro benzene ring substituents is 1. The second-order valence-electron chi connectivity index (χ2n) is 9.05. The number of ether oxygens (including phenoxy) is 2. The second kappa shape index (κ2) is 8.91. The molecule has 1 aliphatic heterocycles. The normalized spacial score (nSPS) is 19.7. The Morgan fingerprint density at radius 1 is 1.27 bits per heavy atom. The van der Waals surface area contributed by atoms with Crippen LogP contribution in [0.3, 0.4) is 0 Å². The third-order valence-corrected chi connectivity index (χ3v) is 10.5. The Bertz CT molecular complexity index is 807. The smallest absolute Gasteiger partial charge is 0.286 e. The van der Waals surface area contributed by atoms with E-state index in [1.165, 1.54) is 31.3 Å². The highest BCUT2D eigenvalue weighted by Crippen LogP contribution is 2.38. The lowest BCUT2D eigenvalue weighted by atomic mass is 10.1. The van der Waals surface area contributed by atoms with Gasteiger partial charge in [-0.2, -0.15) is 0 Å². The van der Waals surface area contributed by atoms with Crippen molar-refractivity contribution in [1.29, 1.82) is 0 Å². The first-order chi connectivity index (χ1) is 13.8. The van der Waals surface area contributed by atoms with Crippen LogP contribution in [0.4, 0.5) is 5.69 Å². The molecular formula is C20H32N2O7Si. The van der Waals surface area contributed by atoms with E-state index >= 15 is 0 Å². The molecule has 168 valence electrons. The molecule has 1 aliphatic rings. The van der Waals surface area contributed by atoms with E-state index in [9.17, 15) is 20.0 Å². The standard InChI is InChI=1S/C20H32N2O7Si/c1-20(2,3)30(6,7)29-12-13-8-14(23)11-21(13)19(24)15-9-17(27-4)18(28-5)10-16(15)22(25)26/h9-10,13-14,23H,8,11-12H2,1-7H3/t13?,14-/m1/s1. The van der Waals surface area contributed by atoms with Crippen molar-refractivity contribution < 1.29 is 28.7 Å². The Balaban J connectivity index is 2.35. The molecule has 1 aromatic rings. The van der Waals surface area contributed by atoms with Crippen LogP contribution in [-0.2, 0) is 4.43 Å². The molecule has 0 bridgehead atoms. The zero-order chi connectivity index (χ0) is 22.9. The molecule has 2 atom stereocenters. The lowest BCUT2D eigenvalue weighted by Crippen LogP contribution is -2.46. The quantitative estimate of drug-likeness (QED) is 0.394.